The maximum Gasteiger partial charge on any atom is 0.155 e. The summed E-state index contributed by atoms with van der Waals surface area (Å²) in [6.07, 6.45) is 3.80. The van der Waals surface area contributed by atoms with Crippen molar-refractivity contribution in [3.63, 3.8) is 0 Å². The van der Waals surface area contributed by atoms with Gasteiger partial charge >= 0.3 is 0 Å². The van der Waals surface area contributed by atoms with Gasteiger partial charge in [0.2, 0.25) is 0 Å². The van der Waals surface area contributed by atoms with Crippen LogP contribution in [-0.2, 0) is 9.47 Å². The third-order valence-electron chi connectivity index (χ3n) is 2.58. The molecule has 0 aromatic rings. The number of ether oxygens (including phenoxy) is 2. The number of hydrogen-bond donors (Lipinski definition) is 0. The minimum Gasteiger partial charge on any atom is -0.353 e. The molecule has 0 amide bonds. The Hall–Kier alpha value is 0.360. The van der Waals surface area contributed by atoms with E-state index in [1.54, 1.807) is 0 Å². The van der Waals surface area contributed by atoms with Gasteiger partial charge in [0.1, 0.15) is 0 Å². The van der Waals surface area contributed by atoms with E-state index in [0.29, 0.717) is 5.92 Å². The fourth-order valence-corrected chi connectivity index (χ4v) is 4.11. The van der Waals surface area contributed by atoms with E-state index in [-0.39, 0.29) is 12.4 Å². The smallest absolute Gasteiger partial charge is 0.155 e. The van der Waals surface area contributed by atoms with Crippen LogP contribution in [0.1, 0.15) is 20.3 Å². The molecular weight excluding hydrogens is 228 g/mol. The van der Waals surface area contributed by atoms with Gasteiger partial charge < -0.3 is 9.47 Å². The number of hydrogen-bond acceptors (Lipinski definition) is 4. The largest absolute Gasteiger partial charge is 0.353 e. The van der Waals surface area contributed by atoms with Gasteiger partial charge in [0.25, 0.3) is 0 Å². The molecule has 0 bridgehead atoms. The van der Waals surface area contributed by atoms with Gasteiger partial charge in [-0.15, -0.1) is 23.5 Å². The second kappa shape index (κ2) is 5.62. The molecule has 3 atom stereocenters. The third-order valence-corrected chi connectivity index (χ3v) is 5.12. The lowest BCUT2D eigenvalue weighted by Gasteiger charge is -2.32. The van der Waals surface area contributed by atoms with E-state index in [1.807, 2.05) is 30.4 Å². The first kappa shape index (κ1) is 11.8. The summed E-state index contributed by atoms with van der Waals surface area (Å²) in [5, 5.41) is 0. The van der Waals surface area contributed by atoms with Crippen LogP contribution >= 0.6 is 23.5 Å². The van der Waals surface area contributed by atoms with Gasteiger partial charge in [0, 0.05) is 10.2 Å². The highest BCUT2D eigenvalue weighted by Gasteiger charge is 2.25. The van der Waals surface area contributed by atoms with Gasteiger partial charge in [0.05, 0.1) is 12.7 Å². The van der Waals surface area contributed by atoms with Crippen LogP contribution in [0.3, 0.4) is 0 Å². The number of rotatable bonds is 1. The van der Waals surface area contributed by atoms with Crippen LogP contribution in [0.4, 0.5) is 0 Å². The molecular formula is C11H18O2S2. The molecule has 2 saturated heterocycles. The zero-order valence-corrected chi connectivity index (χ0v) is 10.9. The molecule has 0 spiro atoms. The molecule has 2 aliphatic rings. The molecule has 0 radical (unpaired) electrons. The summed E-state index contributed by atoms with van der Waals surface area (Å²) in [6.45, 7) is 4.97. The van der Waals surface area contributed by atoms with Crippen LogP contribution in [0.2, 0.25) is 0 Å². The van der Waals surface area contributed by atoms with Crippen LogP contribution in [0.15, 0.2) is 10.3 Å². The van der Waals surface area contributed by atoms with E-state index in [1.165, 1.54) is 22.2 Å². The van der Waals surface area contributed by atoms with Crippen LogP contribution in [0.5, 0.6) is 0 Å². The molecule has 0 aliphatic carbocycles. The summed E-state index contributed by atoms with van der Waals surface area (Å²) in [4.78, 5) is 0. The van der Waals surface area contributed by atoms with E-state index >= 15 is 0 Å². The highest BCUT2D eigenvalue weighted by atomic mass is 32.2. The molecule has 2 nitrogen and oxygen atoms in total. The van der Waals surface area contributed by atoms with Gasteiger partial charge in [-0.25, -0.2) is 0 Å². The van der Waals surface area contributed by atoms with Crippen LogP contribution in [-0.4, -0.2) is 30.5 Å². The van der Waals surface area contributed by atoms with Crippen LogP contribution < -0.4 is 0 Å². The Labute approximate surface area is 100 Å². The van der Waals surface area contributed by atoms with Crippen molar-refractivity contribution in [2.75, 3.05) is 18.1 Å². The zero-order valence-electron chi connectivity index (χ0n) is 9.27. The lowest BCUT2D eigenvalue weighted by molar-refractivity contribution is -0.210. The average molecular weight is 246 g/mol. The Bertz CT molecular complexity index is 235. The van der Waals surface area contributed by atoms with Crippen molar-refractivity contribution in [1.82, 2.24) is 0 Å². The SMILES string of the molecule is CC1OCC(C)C(C=C2SCCCS2)O1. The molecule has 0 aromatic heterocycles. The first-order valence-electron chi connectivity index (χ1n) is 5.50. The Morgan fingerprint density at radius 3 is 2.73 bits per heavy atom. The van der Waals surface area contributed by atoms with Crippen molar-refractivity contribution in [1.29, 1.82) is 0 Å². The van der Waals surface area contributed by atoms with Crippen molar-refractivity contribution in [2.45, 2.75) is 32.7 Å². The van der Waals surface area contributed by atoms with Crippen molar-refractivity contribution in [2.24, 2.45) is 5.92 Å². The normalized spacial score (nSPS) is 37.7. The zero-order chi connectivity index (χ0) is 10.7. The fraction of sp³-hybridized carbons (Fsp3) is 0.818. The first-order valence-corrected chi connectivity index (χ1v) is 7.47. The lowest BCUT2D eigenvalue weighted by atomic mass is 10.1. The topological polar surface area (TPSA) is 18.5 Å². The average Bonchev–Trinajstić information content (AvgIpc) is 2.25. The molecule has 86 valence electrons. The van der Waals surface area contributed by atoms with Crippen LogP contribution in [0, 0.1) is 5.92 Å². The summed E-state index contributed by atoms with van der Waals surface area (Å²) in [7, 11) is 0. The first-order chi connectivity index (χ1) is 7.25. The van der Waals surface area contributed by atoms with E-state index in [9.17, 15) is 0 Å². The van der Waals surface area contributed by atoms with E-state index in [4.69, 9.17) is 9.47 Å². The molecule has 15 heavy (non-hydrogen) atoms. The lowest BCUT2D eigenvalue weighted by Crippen LogP contribution is -2.36. The summed E-state index contributed by atoms with van der Waals surface area (Å²) in [6, 6.07) is 0. The van der Waals surface area contributed by atoms with Crippen LogP contribution in [0.25, 0.3) is 0 Å². The summed E-state index contributed by atoms with van der Waals surface area (Å²) in [5.74, 6) is 2.98. The summed E-state index contributed by atoms with van der Waals surface area (Å²) >= 11 is 3.93. The molecule has 2 heterocycles. The van der Waals surface area contributed by atoms with Gasteiger partial charge in [0.15, 0.2) is 6.29 Å². The Kier molecular flexibility index (Phi) is 4.43. The molecule has 3 unspecified atom stereocenters. The van der Waals surface area contributed by atoms with Crippen molar-refractivity contribution >= 4 is 23.5 Å². The second-order valence-electron chi connectivity index (χ2n) is 4.02. The van der Waals surface area contributed by atoms with Crippen molar-refractivity contribution in [3.05, 3.63) is 10.3 Å². The third kappa shape index (κ3) is 3.41. The van der Waals surface area contributed by atoms with Gasteiger partial charge in [-0.1, -0.05) is 6.92 Å². The minimum absolute atomic E-state index is 0.0540. The Morgan fingerprint density at radius 1 is 1.27 bits per heavy atom. The predicted octanol–water partition coefficient (Wildman–Crippen LogP) is 3.10. The highest BCUT2D eigenvalue weighted by Crippen LogP contribution is 2.36. The Morgan fingerprint density at radius 2 is 2.00 bits per heavy atom. The molecule has 4 heteroatoms. The van der Waals surface area contributed by atoms with E-state index in [0.717, 1.165) is 6.61 Å². The molecule has 2 fully saturated rings. The van der Waals surface area contributed by atoms with E-state index < -0.39 is 0 Å². The maximum absolute atomic E-state index is 5.78. The molecule has 0 saturated carbocycles. The summed E-state index contributed by atoms with van der Waals surface area (Å²) < 4.78 is 12.7. The molecule has 2 rings (SSSR count). The van der Waals surface area contributed by atoms with Crippen molar-refractivity contribution < 1.29 is 9.47 Å². The van der Waals surface area contributed by atoms with Gasteiger partial charge in [-0.2, -0.15) is 0 Å². The predicted molar refractivity (Wildman–Crippen MR) is 67.1 cm³/mol. The summed E-state index contributed by atoms with van der Waals surface area (Å²) in [5.41, 5.74) is 0. The standard InChI is InChI=1S/C11H18O2S2/c1-8-7-12-9(2)13-10(8)6-11-14-4-3-5-15-11/h6,8-10H,3-5,7H2,1-2H3. The maximum atomic E-state index is 5.78. The molecule has 0 N–H and O–H groups in total. The van der Waals surface area contributed by atoms with Gasteiger partial charge in [-0.05, 0) is 30.9 Å². The van der Waals surface area contributed by atoms with Crippen molar-refractivity contribution in [3.8, 4) is 0 Å². The number of thioether (sulfide) groups is 2. The Balaban J connectivity index is 1.95. The minimum atomic E-state index is -0.0540. The van der Waals surface area contributed by atoms with E-state index in [2.05, 4.69) is 13.0 Å². The molecule has 2 aliphatic heterocycles. The fourth-order valence-electron chi connectivity index (χ4n) is 1.66. The highest BCUT2D eigenvalue weighted by molar-refractivity contribution is 8.22. The molecule has 0 aromatic carbocycles. The monoisotopic (exact) mass is 246 g/mol. The van der Waals surface area contributed by atoms with Gasteiger partial charge in [-0.3, -0.25) is 0 Å². The second-order valence-corrected chi connectivity index (χ2v) is 6.55. The quantitative estimate of drug-likeness (QED) is 0.707.